The summed E-state index contributed by atoms with van der Waals surface area (Å²) in [6.45, 7) is 7.97. The maximum Gasteiger partial charge on any atom is 0.244 e. The Morgan fingerprint density at radius 1 is 1.03 bits per heavy atom. The van der Waals surface area contributed by atoms with E-state index in [-0.39, 0.29) is 18.4 Å². The standard InChI is InChI=1S/C26H36FN3O5S/c1-6-24(26(32)28-16-19(3)4)29(17-20-8-10-21(27)11-9-20)25(31)18-30(36(5,33)34)22-12-14-23(15-13-22)35-7-2/h8-15,19,24H,6-7,16-18H2,1-5H3,(H,28,32)/t24-/m0/s1. The van der Waals surface area contributed by atoms with Gasteiger partial charge in [-0.2, -0.15) is 0 Å². The SMILES string of the molecule is CCOc1ccc(N(CC(=O)N(Cc2ccc(F)cc2)[C@@H](CC)C(=O)NCC(C)C)S(C)(=O)=O)cc1. The van der Waals surface area contributed by atoms with Gasteiger partial charge in [-0.1, -0.05) is 32.9 Å². The number of nitrogens with one attached hydrogen (secondary N) is 1. The van der Waals surface area contributed by atoms with Crippen LogP contribution in [0.1, 0.15) is 39.7 Å². The van der Waals surface area contributed by atoms with E-state index < -0.39 is 34.3 Å². The van der Waals surface area contributed by atoms with Crippen molar-refractivity contribution in [2.24, 2.45) is 5.92 Å². The van der Waals surface area contributed by atoms with Crippen molar-refractivity contribution in [1.82, 2.24) is 10.2 Å². The molecule has 0 spiro atoms. The van der Waals surface area contributed by atoms with Crippen LogP contribution in [0.5, 0.6) is 5.75 Å². The normalized spacial score (nSPS) is 12.2. The van der Waals surface area contributed by atoms with Crippen molar-refractivity contribution in [3.8, 4) is 5.75 Å². The predicted molar refractivity (Wildman–Crippen MR) is 139 cm³/mol. The minimum atomic E-state index is -3.83. The highest BCUT2D eigenvalue weighted by molar-refractivity contribution is 7.92. The monoisotopic (exact) mass is 521 g/mol. The summed E-state index contributed by atoms with van der Waals surface area (Å²) in [6.07, 6.45) is 1.34. The van der Waals surface area contributed by atoms with Crippen molar-refractivity contribution in [1.29, 1.82) is 0 Å². The van der Waals surface area contributed by atoms with Crippen molar-refractivity contribution < 1.29 is 27.1 Å². The minimum absolute atomic E-state index is 0.0214. The van der Waals surface area contributed by atoms with Crippen LogP contribution in [-0.4, -0.2) is 57.1 Å². The summed E-state index contributed by atoms with van der Waals surface area (Å²) < 4.78 is 45.2. The predicted octanol–water partition coefficient (Wildman–Crippen LogP) is 3.57. The summed E-state index contributed by atoms with van der Waals surface area (Å²) in [4.78, 5) is 28.0. The highest BCUT2D eigenvalue weighted by atomic mass is 32.2. The molecule has 0 aliphatic rings. The molecule has 0 radical (unpaired) electrons. The average Bonchev–Trinajstić information content (AvgIpc) is 2.82. The van der Waals surface area contributed by atoms with E-state index in [4.69, 9.17) is 4.74 Å². The number of ether oxygens (including phenoxy) is 1. The lowest BCUT2D eigenvalue weighted by Crippen LogP contribution is -2.52. The molecular weight excluding hydrogens is 485 g/mol. The van der Waals surface area contributed by atoms with Crippen LogP contribution in [0.2, 0.25) is 0 Å². The second-order valence-electron chi connectivity index (χ2n) is 8.91. The number of nitrogens with zero attached hydrogens (tertiary/aromatic N) is 2. The van der Waals surface area contributed by atoms with Crippen LogP contribution in [-0.2, 0) is 26.2 Å². The minimum Gasteiger partial charge on any atom is -0.494 e. The molecule has 2 rings (SSSR count). The number of anilines is 1. The molecule has 2 amide bonds. The van der Waals surface area contributed by atoms with Crippen molar-refractivity contribution in [2.45, 2.75) is 46.7 Å². The van der Waals surface area contributed by atoms with Crippen molar-refractivity contribution in [3.63, 3.8) is 0 Å². The van der Waals surface area contributed by atoms with Gasteiger partial charge in [0.1, 0.15) is 24.2 Å². The van der Waals surface area contributed by atoms with Crippen LogP contribution in [0, 0.1) is 11.7 Å². The van der Waals surface area contributed by atoms with E-state index in [1.54, 1.807) is 31.2 Å². The van der Waals surface area contributed by atoms with Crippen LogP contribution >= 0.6 is 0 Å². The third kappa shape index (κ3) is 8.51. The molecule has 0 saturated carbocycles. The zero-order chi connectivity index (χ0) is 26.9. The lowest BCUT2D eigenvalue weighted by atomic mass is 10.1. The molecule has 0 saturated heterocycles. The van der Waals surface area contributed by atoms with E-state index in [9.17, 15) is 22.4 Å². The number of benzene rings is 2. The number of carbonyl (C=O) groups is 2. The number of hydrogen-bond donors (Lipinski definition) is 1. The maximum atomic E-state index is 13.6. The molecule has 0 aliphatic carbocycles. The average molecular weight is 522 g/mol. The fraction of sp³-hybridized carbons (Fsp3) is 0.462. The Labute approximate surface area is 213 Å². The first kappa shape index (κ1) is 29.1. The van der Waals surface area contributed by atoms with Crippen LogP contribution in [0.15, 0.2) is 48.5 Å². The number of sulfonamides is 1. The van der Waals surface area contributed by atoms with Gasteiger partial charge in [0.2, 0.25) is 21.8 Å². The van der Waals surface area contributed by atoms with E-state index in [1.807, 2.05) is 20.8 Å². The van der Waals surface area contributed by atoms with Gasteiger partial charge in [-0.15, -0.1) is 0 Å². The number of rotatable bonds is 13. The quantitative estimate of drug-likeness (QED) is 0.435. The Balaban J connectivity index is 2.39. The Bertz CT molecular complexity index is 1110. The van der Waals surface area contributed by atoms with E-state index in [0.29, 0.717) is 36.6 Å². The van der Waals surface area contributed by atoms with Gasteiger partial charge in [-0.25, -0.2) is 12.8 Å². The molecule has 1 atom stereocenters. The van der Waals surface area contributed by atoms with Crippen molar-refractivity contribution in [2.75, 3.05) is 30.3 Å². The van der Waals surface area contributed by atoms with E-state index in [1.165, 1.54) is 29.2 Å². The molecule has 198 valence electrons. The van der Waals surface area contributed by atoms with Crippen LogP contribution in [0.3, 0.4) is 0 Å². The first-order chi connectivity index (χ1) is 17.0. The lowest BCUT2D eigenvalue weighted by Gasteiger charge is -2.33. The van der Waals surface area contributed by atoms with Gasteiger partial charge in [-0.05, 0) is 61.2 Å². The second-order valence-corrected chi connectivity index (χ2v) is 10.8. The molecular formula is C26H36FN3O5S. The number of hydrogen-bond acceptors (Lipinski definition) is 5. The van der Waals surface area contributed by atoms with Crippen LogP contribution in [0.4, 0.5) is 10.1 Å². The Kier molecular flexibility index (Phi) is 10.7. The fourth-order valence-electron chi connectivity index (χ4n) is 3.62. The summed E-state index contributed by atoms with van der Waals surface area (Å²) in [6, 6.07) is 11.2. The number of amides is 2. The van der Waals surface area contributed by atoms with E-state index >= 15 is 0 Å². The van der Waals surface area contributed by atoms with Gasteiger partial charge in [-0.3, -0.25) is 13.9 Å². The Morgan fingerprint density at radius 3 is 2.14 bits per heavy atom. The molecule has 36 heavy (non-hydrogen) atoms. The molecule has 0 aliphatic heterocycles. The van der Waals surface area contributed by atoms with Gasteiger partial charge < -0.3 is 15.0 Å². The maximum absolute atomic E-state index is 13.6. The fourth-order valence-corrected chi connectivity index (χ4v) is 4.47. The number of halogens is 1. The molecule has 10 heteroatoms. The molecule has 0 aromatic heterocycles. The molecule has 0 fully saturated rings. The molecule has 0 bridgehead atoms. The Morgan fingerprint density at radius 2 is 1.64 bits per heavy atom. The second kappa shape index (κ2) is 13.2. The van der Waals surface area contributed by atoms with E-state index in [0.717, 1.165) is 10.6 Å². The first-order valence-corrected chi connectivity index (χ1v) is 13.8. The molecule has 8 nitrogen and oxygen atoms in total. The zero-order valence-corrected chi connectivity index (χ0v) is 22.3. The third-order valence-electron chi connectivity index (χ3n) is 5.45. The topological polar surface area (TPSA) is 96.0 Å². The summed E-state index contributed by atoms with van der Waals surface area (Å²) in [5.41, 5.74) is 0.917. The lowest BCUT2D eigenvalue weighted by molar-refractivity contribution is -0.140. The highest BCUT2D eigenvalue weighted by Gasteiger charge is 2.31. The smallest absolute Gasteiger partial charge is 0.244 e. The number of carbonyl (C=O) groups excluding carboxylic acids is 2. The van der Waals surface area contributed by atoms with Crippen molar-refractivity contribution in [3.05, 3.63) is 59.9 Å². The zero-order valence-electron chi connectivity index (χ0n) is 21.5. The molecule has 2 aromatic carbocycles. The van der Waals surface area contributed by atoms with Crippen LogP contribution in [0.25, 0.3) is 0 Å². The molecule has 2 aromatic rings. The highest BCUT2D eigenvalue weighted by Crippen LogP contribution is 2.23. The first-order valence-electron chi connectivity index (χ1n) is 12.0. The van der Waals surface area contributed by atoms with Gasteiger partial charge >= 0.3 is 0 Å². The summed E-state index contributed by atoms with van der Waals surface area (Å²) >= 11 is 0. The van der Waals surface area contributed by atoms with Gasteiger partial charge in [0.15, 0.2) is 0 Å². The Hall–Kier alpha value is -3.14. The van der Waals surface area contributed by atoms with Crippen LogP contribution < -0.4 is 14.4 Å². The largest absolute Gasteiger partial charge is 0.494 e. The summed E-state index contributed by atoms with van der Waals surface area (Å²) in [5, 5.41) is 2.86. The molecule has 0 heterocycles. The van der Waals surface area contributed by atoms with Gasteiger partial charge in [0, 0.05) is 13.1 Å². The van der Waals surface area contributed by atoms with Gasteiger partial charge in [0.25, 0.3) is 0 Å². The van der Waals surface area contributed by atoms with Gasteiger partial charge in [0.05, 0.1) is 18.6 Å². The third-order valence-corrected chi connectivity index (χ3v) is 6.59. The van der Waals surface area contributed by atoms with Crippen molar-refractivity contribution >= 4 is 27.5 Å². The molecule has 0 unspecified atom stereocenters. The van der Waals surface area contributed by atoms with E-state index in [2.05, 4.69) is 5.32 Å². The molecule has 1 N–H and O–H groups in total. The summed E-state index contributed by atoms with van der Waals surface area (Å²) in [7, 11) is -3.83. The summed E-state index contributed by atoms with van der Waals surface area (Å²) in [5.74, 6) is -0.504.